The van der Waals surface area contributed by atoms with Crippen LogP contribution < -0.4 is 5.32 Å². The number of piperazine rings is 1. The molecule has 1 saturated carbocycles. The van der Waals surface area contributed by atoms with Crippen LogP contribution in [-0.2, 0) is 6.54 Å². The van der Waals surface area contributed by atoms with Crippen LogP contribution in [0.5, 0.6) is 0 Å². The van der Waals surface area contributed by atoms with Crippen LogP contribution in [0.3, 0.4) is 0 Å². The van der Waals surface area contributed by atoms with Crippen molar-refractivity contribution in [1.29, 1.82) is 0 Å². The van der Waals surface area contributed by atoms with E-state index in [1.54, 1.807) is 0 Å². The lowest BCUT2D eigenvalue weighted by molar-refractivity contribution is 0.0840. The van der Waals surface area contributed by atoms with Crippen LogP contribution in [0.2, 0.25) is 0 Å². The lowest BCUT2D eigenvalue weighted by Gasteiger charge is -2.41. The molecule has 6 nitrogen and oxygen atoms in total. The van der Waals surface area contributed by atoms with Crippen LogP contribution in [-0.4, -0.2) is 51.5 Å². The van der Waals surface area contributed by atoms with E-state index in [-0.39, 0.29) is 23.9 Å². The summed E-state index contributed by atoms with van der Waals surface area (Å²) >= 11 is 0. The monoisotopic (exact) mass is 435 g/mol. The topological polar surface area (TPSA) is 64.3 Å². The van der Waals surface area contributed by atoms with E-state index in [9.17, 15) is 9.18 Å². The van der Waals surface area contributed by atoms with Gasteiger partial charge in [-0.3, -0.25) is 4.90 Å². The number of hydrogen-bond donors (Lipinski definition) is 2. The van der Waals surface area contributed by atoms with Crippen molar-refractivity contribution in [1.82, 2.24) is 25.1 Å². The molecule has 0 bridgehead atoms. The zero-order chi connectivity index (χ0) is 21.9. The molecule has 2 heterocycles. The van der Waals surface area contributed by atoms with Crippen molar-refractivity contribution >= 4 is 17.1 Å². The second-order valence-corrected chi connectivity index (χ2v) is 8.99. The number of carbonyl (C=O) groups is 1. The summed E-state index contributed by atoms with van der Waals surface area (Å²) in [5.41, 5.74) is 2.95. The maximum Gasteiger partial charge on any atom is 0.318 e. The van der Waals surface area contributed by atoms with Gasteiger partial charge in [-0.2, -0.15) is 0 Å². The van der Waals surface area contributed by atoms with Gasteiger partial charge >= 0.3 is 6.03 Å². The minimum atomic E-state index is -0.224. The minimum Gasteiger partial charge on any atom is -0.340 e. The molecule has 1 aliphatic heterocycles. The lowest BCUT2D eigenvalue weighted by Crippen LogP contribution is -2.55. The van der Waals surface area contributed by atoms with Gasteiger partial charge < -0.3 is 15.2 Å². The fourth-order valence-electron chi connectivity index (χ4n) is 4.94. The Bertz CT molecular complexity index is 1030. The number of nitrogens with zero attached hydrogens (tertiary/aromatic N) is 3. The van der Waals surface area contributed by atoms with Crippen LogP contribution in [0.15, 0.2) is 48.5 Å². The third-order valence-electron chi connectivity index (χ3n) is 6.70. The summed E-state index contributed by atoms with van der Waals surface area (Å²) in [6.45, 7) is 2.79. The summed E-state index contributed by atoms with van der Waals surface area (Å²) in [5, 5.41) is 3.28. The largest absolute Gasteiger partial charge is 0.340 e. The van der Waals surface area contributed by atoms with Crippen molar-refractivity contribution in [2.24, 2.45) is 0 Å². The molecule has 1 aromatic heterocycles. The molecule has 32 heavy (non-hydrogen) atoms. The number of amides is 2. The number of urea groups is 1. The number of fused-ring (bicyclic) bond motifs is 1. The van der Waals surface area contributed by atoms with Crippen LogP contribution in [0, 0.1) is 5.82 Å². The minimum absolute atomic E-state index is 0.00351. The molecule has 5 rings (SSSR count). The highest BCUT2D eigenvalue weighted by atomic mass is 19.1. The van der Waals surface area contributed by atoms with E-state index >= 15 is 0 Å². The summed E-state index contributed by atoms with van der Waals surface area (Å²) in [6.07, 6.45) is 5.75. The van der Waals surface area contributed by atoms with E-state index < -0.39 is 0 Å². The first kappa shape index (κ1) is 20.9. The molecule has 1 aliphatic carbocycles. The van der Waals surface area contributed by atoms with Gasteiger partial charge in [0.2, 0.25) is 0 Å². The normalized spacial score (nSPS) is 20.5. The van der Waals surface area contributed by atoms with Gasteiger partial charge in [0.1, 0.15) is 17.7 Å². The zero-order valence-electron chi connectivity index (χ0n) is 18.3. The molecule has 3 aromatic rings. The molecule has 7 heteroatoms. The fourth-order valence-corrected chi connectivity index (χ4v) is 4.94. The van der Waals surface area contributed by atoms with Gasteiger partial charge in [0.15, 0.2) is 0 Å². The number of aromatic amines is 1. The summed E-state index contributed by atoms with van der Waals surface area (Å²) < 4.78 is 13.3. The third-order valence-corrected chi connectivity index (χ3v) is 6.70. The Morgan fingerprint density at radius 1 is 1.06 bits per heavy atom. The summed E-state index contributed by atoms with van der Waals surface area (Å²) in [6, 6.07) is 14.7. The number of carbonyl (C=O) groups excluding carboxylic acids is 1. The highest BCUT2D eigenvalue weighted by Crippen LogP contribution is 2.27. The van der Waals surface area contributed by atoms with E-state index in [2.05, 4.69) is 15.2 Å². The van der Waals surface area contributed by atoms with Crippen molar-refractivity contribution in [3.05, 3.63) is 65.7 Å². The third kappa shape index (κ3) is 4.63. The Hall–Kier alpha value is -2.93. The molecule has 1 saturated heterocycles. The van der Waals surface area contributed by atoms with E-state index in [0.29, 0.717) is 13.1 Å². The Balaban J connectivity index is 1.36. The van der Waals surface area contributed by atoms with Crippen LogP contribution in [0.4, 0.5) is 9.18 Å². The first-order valence-electron chi connectivity index (χ1n) is 11.6. The smallest absolute Gasteiger partial charge is 0.318 e. The summed E-state index contributed by atoms with van der Waals surface area (Å²) in [4.78, 5) is 25.8. The molecule has 0 spiro atoms. The molecular weight excluding hydrogens is 405 g/mol. The van der Waals surface area contributed by atoms with Crippen LogP contribution in [0.1, 0.15) is 49.5 Å². The average Bonchev–Trinajstić information content (AvgIpc) is 3.25. The van der Waals surface area contributed by atoms with Gasteiger partial charge in [-0.1, -0.05) is 43.5 Å². The number of H-pyrrole nitrogens is 1. The maximum absolute atomic E-state index is 13.3. The van der Waals surface area contributed by atoms with Crippen molar-refractivity contribution in [2.75, 3.05) is 19.6 Å². The van der Waals surface area contributed by atoms with Gasteiger partial charge in [-0.05, 0) is 42.7 Å². The Morgan fingerprint density at radius 2 is 1.84 bits per heavy atom. The number of aromatic nitrogens is 2. The number of nitrogens with one attached hydrogen (secondary N) is 2. The summed E-state index contributed by atoms with van der Waals surface area (Å²) in [5.74, 6) is 0.590. The molecule has 2 amide bonds. The highest BCUT2D eigenvalue weighted by Gasteiger charge is 2.34. The number of hydrogen-bond acceptors (Lipinski definition) is 3. The molecule has 2 N–H and O–H groups in total. The molecule has 2 aromatic carbocycles. The Morgan fingerprint density at radius 3 is 2.62 bits per heavy atom. The quantitative estimate of drug-likeness (QED) is 0.629. The number of imidazole rings is 1. The van der Waals surface area contributed by atoms with Gasteiger partial charge in [-0.25, -0.2) is 14.2 Å². The average molecular weight is 436 g/mol. The Kier molecular flexibility index (Phi) is 6.08. The van der Waals surface area contributed by atoms with Gasteiger partial charge in [-0.15, -0.1) is 0 Å². The maximum atomic E-state index is 13.3. The predicted molar refractivity (Wildman–Crippen MR) is 123 cm³/mol. The van der Waals surface area contributed by atoms with Gasteiger partial charge in [0, 0.05) is 32.2 Å². The first-order chi connectivity index (χ1) is 15.7. The standard InChI is InChI=1S/C25H30FN5O/c26-19-12-10-18(11-13-19)16-30-14-15-31(25(32)27-20-6-2-1-3-7-20)23(17-30)24-28-21-8-4-5-9-22(21)29-24/h4-5,8-13,20,23H,1-3,6-7,14-17H2,(H,27,32)(H,28,29). The van der Waals surface area contributed by atoms with Crippen LogP contribution in [0.25, 0.3) is 11.0 Å². The second kappa shape index (κ2) is 9.28. The van der Waals surface area contributed by atoms with Gasteiger partial charge in [0.25, 0.3) is 0 Å². The molecule has 2 fully saturated rings. The van der Waals surface area contributed by atoms with Crippen molar-refractivity contribution in [3.8, 4) is 0 Å². The van der Waals surface area contributed by atoms with Gasteiger partial charge in [0.05, 0.1) is 11.0 Å². The fraction of sp³-hybridized carbons (Fsp3) is 0.440. The highest BCUT2D eigenvalue weighted by molar-refractivity contribution is 5.77. The summed E-state index contributed by atoms with van der Waals surface area (Å²) in [7, 11) is 0. The molecule has 168 valence electrons. The molecule has 1 unspecified atom stereocenters. The number of rotatable bonds is 4. The lowest BCUT2D eigenvalue weighted by atomic mass is 9.95. The second-order valence-electron chi connectivity index (χ2n) is 8.99. The van der Waals surface area contributed by atoms with E-state index in [4.69, 9.17) is 4.98 Å². The van der Waals surface area contributed by atoms with Crippen molar-refractivity contribution in [3.63, 3.8) is 0 Å². The Labute approximate surface area is 187 Å². The van der Waals surface area contributed by atoms with Crippen molar-refractivity contribution in [2.45, 2.75) is 50.7 Å². The predicted octanol–water partition coefficient (Wildman–Crippen LogP) is 4.60. The number of para-hydroxylation sites is 2. The molecular formula is C25H30FN5O. The van der Waals surface area contributed by atoms with E-state index in [0.717, 1.165) is 48.4 Å². The SMILES string of the molecule is O=C(NC1CCCCC1)N1CCN(Cc2ccc(F)cc2)CC1c1nc2ccccc2[nH]1. The van der Waals surface area contributed by atoms with E-state index in [1.165, 1.54) is 31.4 Å². The van der Waals surface area contributed by atoms with E-state index in [1.807, 2.05) is 41.3 Å². The molecule has 1 atom stereocenters. The number of halogens is 1. The van der Waals surface area contributed by atoms with Crippen molar-refractivity contribution < 1.29 is 9.18 Å². The first-order valence-corrected chi connectivity index (χ1v) is 11.6. The molecule has 0 radical (unpaired) electrons. The van der Waals surface area contributed by atoms with Crippen LogP contribution >= 0.6 is 0 Å². The zero-order valence-corrected chi connectivity index (χ0v) is 18.3. The molecule has 2 aliphatic rings. The number of benzene rings is 2.